The molecule has 0 saturated heterocycles. The first-order chi connectivity index (χ1) is 12.2. The van der Waals surface area contributed by atoms with Crippen molar-refractivity contribution in [3.8, 4) is 11.3 Å². The molecular weight excluding hydrogens is 322 g/mol. The molecule has 0 fully saturated rings. The molecular formula is C17H19N5O3. The lowest BCUT2D eigenvalue weighted by molar-refractivity contribution is 0.0601. The van der Waals surface area contributed by atoms with Gasteiger partial charge >= 0.3 is 5.97 Å². The van der Waals surface area contributed by atoms with E-state index >= 15 is 0 Å². The highest BCUT2D eigenvalue weighted by molar-refractivity contribution is 5.89. The van der Waals surface area contributed by atoms with Crippen LogP contribution in [-0.2, 0) is 9.47 Å². The number of hydrogen-bond acceptors (Lipinski definition) is 7. The third-order valence-corrected chi connectivity index (χ3v) is 3.72. The molecule has 2 heterocycles. The van der Waals surface area contributed by atoms with Crippen molar-refractivity contribution >= 4 is 17.4 Å². The van der Waals surface area contributed by atoms with Gasteiger partial charge < -0.3 is 14.8 Å². The number of aromatic nitrogens is 4. The number of rotatable bonds is 7. The van der Waals surface area contributed by atoms with E-state index in [0.717, 1.165) is 24.2 Å². The summed E-state index contributed by atoms with van der Waals surface area (Å²) in [6.07, 6.45) is 4.09. The summed E-state index contributed by atoms with van der Waals surface area (Å²) in [5.74, 6) is 0.304. The molecule has 0 atom stereocenters. The first-order valence-corrected chi connectivity index (χ1v) is 7.85. The van der Waals surface area contributed by atoms with E-state index in [1.165, 1.54) is 13.4 Å². The van der Waals surface area contributed by atoms with Gasteiger partial charge in [-0.15, -0.1) is 0 Å². The van der Waals surface area contributed by atoms with E-state index in [0.29, 0.717) is 23.6 Å². The van der Waals surface area contributed by atoms with Crippen LogP contribution in [0.5, 0.6) is 0 Å². The lowest BCUT2D eigenvalue weighted by Gasteiger charge is -2.07. The van der Waals surface area contributed by atoms with E-state index in [-0.39, 0.29) is 5.97 Å². The van der Waals surface area contributed by atoms with E-state index in [1.807, 2.05) is 12.1 Å². The van der Waals surface area contributed by atoms with E-state index < -0.39 is 0 Å². The third-order valence-electron chi connectivity index (χ3n) is 3.72. The first kappa shape index (κ1) is 16.8. The number of carbonyl (C=O) groups is 1. The summed E-state index contributed by atoms with van der Waals surface area (Å²) in [6, 6.07) is 7.10. The molecule has 3 aromatic rings. The molecule has 0 aliphatic rings. The predicted octanol–water partition coefficient (Wildman–Crippen LogP) is 2.03. The van der Waals surface area contributed by atoms with E-state index in [2.05, 4.69) is 20.4 Å². The quantitative estimate of drug-likeness (QED) is 0.519. The van der Waals surface area contributed by atoms with Crippen LogP contribution in [0.1, 0.15) is 16.8 Å². The van der Waals surface area contributed by atoms with Crippen LogP contribution in [0.15, 0.2) is 36.8 Å². The van der Waals surface area contributed by atoms with Gasteiger partial charge in [-0.05, 0) is 18.6 Å². The fourth-order valence-electron chi connectivity index (χ4n) is 2.46. The normalized spacial score (nSPS) is 10.8. The van der Waals surface area contributed by atoms with E-state index in [4.69, 9.17) is 9.47 Å². The van der Waals surface area contributed by atoms with Gasteiger partial charge in [-0.2, -0.15) is 5.10 Å². The second-order valence-corrected chi connectivity index (χ2v) is 5.33. The molecule has 130 valence electrons. The van der Waals surface area contributed by atoms with Crippen LogP contribution >= 0.6 is 0 Å². The lowest BCUT2D eigenvalue weighted by Crippen LogP contribution is -2.08. The Morgan fingerprint density at radius 2 is 2.00 bits per heavy atom. The number of ether oxygens (including phenoxy) is 2. The van der Waals surface area contributed by atoms with Gasteiger partial charge in [-0.1, -0.05) is 12.1 Å². The molecule has 0 radical (unpaired) electrons. The molecule has 8 nitrogen and oxygen atoms in total. The first-order valence-electron chi connectivity index (χ1n) is 7.85. The largest absolute Gasteiger partial charge is 0.465 e. The van der Waals surface area contributed by atoms with Crippen molar-refractivity contribution in [2.24, 2.45) is 0 Å². The van der Waals surface area contributed by atoms with Crippen molar-refractivity contribution in [1.29, 1.82) is 0 Å². The van der Waals surface area contributed by atoms with Crippen LogP contribution in [0.3, 0.4) is 0 Å². The van der Waals surface area contributed by atoms with Crippen LogP contribution in [0, 0.1) is 0 Å². The van der Waals surface area contributed by atoms with Crippen molar-refractivity contribution in [3.05, 3.63) is 42.4 Å². The Labute approximate surface area is 144 Å². The maximum absolute atomic E-state index is 11.5. The summed E-state index contributed by atoms with van der Waals surface area (Å²) in [5, 5.41) is 7.53. The molecule has 0 unspecified atom stereocenters. The standard InChI is InChI=1S/C17H19N5O3/c1-24-9-3-8-18-15-16-19-10-14(22(16)21-11-20-15)12-4-6-13(7-5-12)17(23)25-2/h4-7,10-11H,3,8-9H2,1-2H3,(H,18,20,21). The number of imidazole rings is 1. The number of anilines is 1. The van der Waals surface area contributed by atoms with Gasteiger partial charge in [-0.3, -0.25) is 0 Å². The van der Waals surface area contributed by atoms with Crippen molar-refractivity contribution in [2.75, 3.05) is 32.7 Å². The maximum atomic E-state index is 11.5. The lowest BCUT2D eigenvalue weighted by atomic mass is 10.1. The molecule has 25 heavy (non-hydrogen) atoms. The van der Waals surface area contributed by atoms with Crippen LogP contribution in [0.4, 0.5) is 5.82 Å². The fourth-order valence-corrected chi connectivity index (χ4v) is 2.46. The second kappa shape index (κ2) is 7.71. The Morgan fingerprint density at radius 3 is 2.72 bits per heavy atom. The number of benzene rings is 1. The second-order valence-electron chi connectivity index (χ2n) is 5.33. The monoisotopic (exact) mass is 341 g/mol. The number of hydrogen-bond donors (Lipinski definition) is 1. The number of methoxy groups -OCH3 is 2. The zero-order valence-electron chi connectivity index (χ0n) is 14.1. The number of nitrogens with one attached hydrogen (secondary N) is 1. The van der Waals surface area contributed by atoms with Gasteiger partial charge in [0.1, 0.15) is 6.33 Å². The van der Waals surface area contributed by atoms with Gasteiger partial charge in [0.15, 0.2) is 11.5 Å². The zero-order valence-corrected chi connectivity index (χ0v) is 14.1. The number of esters is 1. The summed E-state index contributed by atoms with van der Waals surface area (Å²) in [4.78, 5) is 20.2. The average molecular weight is 341 g/mol. The minimum Gasteiger partial charge on any atom is -0.465 e. The number of nitrogens with zero attached hydrogens (tertiary/aromatic N) is 4. The third kappa shape index (κ3) is 3.58. The van der Waals surface area contributed by atoms with Crippen LogP contribution in [-0.4, -0.2) is 52.9 Å². The average Bonchev–Trinajstić information content (AvgIpc) is 3.09. The van der Waals surface area contributed by atoms with Crippen molar-refractivity contribution in [3.63, 3.8) is 0 Å². The summed E-state index contributed by atoms with van der Waals surface area (Å²) < 4.78 is 11.5. The molecule has 1 aromatic carbocycles. The van der Waals surface area contributed by atoms with Gasteiger partial charge in [-0.25, -0.2) is 19.3 Å². The minimum absolute atomic E-state index is 0.366. The van der Waals surface area contributed by atoms with Gasteiger partial charge in [0.25, 0.3) is 0 Å². The molecule has 3 rings (SSSR count). The van der Waals surface area contributed by atoms with Gasteiger partial charge in [0.05, 0.1) is 24.6 Å². The Kier molecular flexibility index (Phi) is 5.20. The summed E-state index contributed by atoms with van der Waals surface area (Å²) in [7, 11) is 3.04. The Morgan fingerprint density at radius 1 is 1.20 bits per heavy atom. The minimum atomic E-state index is -0.366. The topological polar surface area (TPSA) is 90.6 Å². The SMILES string of the molecule is COCCCNc1ncnn2c(-c3ccc(C(=O)OC)cc3)cnc12. The molecule has 1 N–H and O–H groups in total. The fraction of sp³-hybridized carbons (Fsp3) is 0.294. The molecule has 8 heteroatoms. The van der Waals surface area contributed by atoms with Crippen molar-refractivity contribution < 1.29 is 14.3 Å². The van der Waals surface area contributed by atoms with Crippen LogP contribution in [0.25, 0.3) is 16.9 Å². The van der Waals surface area contributed by atoms with Crippen molar-refractivity contribution in [1.82, 2.24) is 19.6 Å². The molecule has 0 spiro atoms. The Bertz CT molecular complexity index is 860. The highest BCUT2D eigenvalue weighted by atomic mass is 16.5. The van der Waals surface area contributed by atoms with E-state index in [1.54, 1.807) is 30.0 Å². The number of carbonyl (C=O) groups excluding carboxylic acids is 1. The maximum Gasteiger partial charge on any atom is 0.337 e. The van der Waals surface area contributed by atoms with Gasteiger partial charge in [0.2, 0.25) is 0 Å². The molecule has 0 aliphatic carbocycles. The van der Waals surface area contributed by atoms with Gasteiger partial charge in [0, 0.05) is 25.8 Å². The molecule has 2 aromatic heterocycles. The zero-order chi connectivity index (χ0) is 17.6. The molecule has 0 bridgehead atoms. The summed E-state index contributed by atoms with van der Waals surface area (Å²) >= 11 is 0. The molecule has 0 saturated carbocycles. The highest BCUT2D eigenvalue weighted by Crippen LogP contribution is 2.23. The number of fused-ring (bicyclic) bond motifs is 1. The van der Waals surface area contributed by atoms with Crippen LogP contribution in [0.2, 0.25) is 0 Å². The summed E-state index contributed by atoms with van der Waals surface area (Å²) in [6.45, 7) is 1.41. The predicted molar refractivity (Wildman–Crippen MR) is 92.5 cm³/mol. The Hall–Kier alpha value is -3.00. The Balaban J connectivity index is 1.87. The summed E-state index contributed by atoms with van der Waals surface area (Å²) in [5.41, 5.74) is 2.85. The smallest absolute Gasteiger partial charge is 0.337 e. The van der Waals surface area contributed by atoms with Crippen LogP contribution < -0.4 is 5.32 Å². The molecule has 0 amide bonds. The highest BCUT2D eigenvalue weighted by Gasteiger charge is 2.12. The van der Waals surface area contributed by atoms with Crippen molar-refractivity contribution in [2.45, 2.75) is 6.42 Å². The van der Waals surface area contributed by atoms with E-state index in [9.17, 15) is 4.79 Å². The molecule has 0 aliphatic heterocycles.